The first-order valence-corrected chi connectivity index (χ1v) is 13.6. The van der Waals surface area contributed by atoms with Gasteiger partial charge in [-0.3, -0.25) is 0 Å². The third kappa shape index (κ3) is 5.98. The summed E-state index contributed by atoms with van der Waals surface area (Å²) in [5.74, 6) is -2.99. The molecular weight excluding hydrogens is 447 g/mol. The molecule has 2 aromatic carbocycles. The molecule has 0 spiro atoms. The summed E-state index contributed by atoms with van der Waals surface area (Å²) in [6, 6.07) is 6.44. The maximum atomic E-state index is 14.8. The summed E-state index contributed by atoms with van der Waals surface area (Å²) in [5.41, 5.74) is 1.14. The fourth-order valence-electron chi connectivity index (χ4n) is 4.86. The van der Waals surface area contributed by atoms with Gasteiger partial charge in [0.05, 0.1) is 18.0 Å². The lowest BCUT2D eigenvalue weighted by Gasteiger charge is -2.42. The second-order valence-electron chi connectivity index (χ2n) is 9.38. The minimum Gasteiger partial charge on any atom is -0.413 e. The van der Waals surface area contributed by atoms with Crippen LogP contribution in [0.3, 0.4) is 0 Å². The molecule has 1 atom stereocenters. The Morgan fingerprint density at radius 1 is 0.909 bits per heavy atom. The molecule has 0 aromatic heterocycles. The number of aliphatic hydroxyl groups is 2. The first-order valence-electron chi connectivity index (χ1n) is 11.4. The molecule has 0 bridgehead atoms. The Morgan fingerprint density at radius 3 is 2.03 bits per heavy atom. The van der Waals surface area contributed by atoms with Gasteiger partial charge in [0.2, 0.25) is 0 Å². The van der Waals surface area contributed by atoms with Gasteiger partial charge in [0.25, 0.3) is 0 Å². The number of halogens is 3. The number of aliphatic hydroxyl groups excluding tert-OH is 2. The Bertz CT molecular complexity index is 916. The molecule has 2 aromatic rings. The highest BCUT2D eigenvalue weighted by molar-refractivity contribution is 6.77. The lowest BCUT2D eigenvalue weighted by Crippen LogP contribution is -2.48. The van der Waals surface area contributed by atoms with E-state index in [4.69, 9.17) is 9.53 Å². The van der Waals surface area contributed by atoms with Gasteiger partial charge in [0, 0.05) is 12.2 Å². The highest BCUT2D eigenvalue weighted by Crippen LogP contribution is 2.43. The molecular formula is C25H36F3NO3Si. The summed E-state index contributed by atoms with van der Waals surface area (Å²) in [6.07, 6.45) is -0.956. The molecule has 0 saturated carbocycles. The van der Waals surface area contributed by atoms with Crippen molar-refractivity contribution in [1.82, 2.24) is 0 Å². The van der Waals surface area contributed by atoms with E-state index in [0.717, 1.165) is 6.07 Å². The summed E-state index contributed by atoms with van der Waals surface area (Å²) >= 11 is 0. The van der Waals surface area contributed by atoms with Crippen molar-refractivity contribution in [3.8, 4) is 0 Å². The van der Waals surface area contributed by atoms with Gasteiger partial charge in [-0.15, -0.1) is 0 Å². The smallest absolute Gasteiger partial charge is 0.200 e. The first-order chi connectivity index (χ1) is 15.4. The molecule has 0 fully saturated rings. The van der Waals surface area contributed by atoms with Crippen LogP contribution in [0, 0.1) is 17.5 Å². The summed E-state index contributed by atoms with van der Waals surface area (Å²) < 4.78 is 49.8. The second kappa shape index (κ2) is 11.5. The summed E-state index contributed by atoms with van der Waals surface area (Å²) in [6.45, 7) is 12.5. The first kappa shape index (κ1) is 27.4. The van der Waals surface area contributed by atoms with Crippen LogP contribution in [0.5, 0.6) is 0 Å². The number of nitrogens with one attached hydrogen (secondary N) is 1. The Labute approximate surface area is 195 Å². The molecule has 1 unspecified atom stereocenters. The monoisotopic (exact) mass is 483 g/mol. The quantitative estimate of drug-likeness (QED) is 0.315. The number of anilines is 2. The highest BCUT2D eigenvalue weighted by Gasteiger charge is 2.45. The van der Waals surface area contributed by atoms with Crippen LogP contribution in [0.4, 0.5) is 24.5 Å². The van der Waals surface area contributed by atoms with Crippen molar-refractivity contribution >= 4 is 19.7 Å². The lowest BCUT2D eigenvalue weighted by molar-refractivity contribution is 0.0980. The summed E-state index contributed by atoms with van der Waals surface area (Å²) in [5, 5.41) is 22.6. The number of hydrogen-bond donors (Lipinski definition) is 3. The SMILES string of the molecule is CC(C)[Si](OCC(O)c1ccc(F)c(F)c1Nc1ccc(CCO)cc1F)(C(C)C)C(C)C. The van der Waals surface area contributed by atoms with E-state index >= 15 is 0 Å². The maximum absolute atomic E-state index is 14.8. The zero-order valence-corrected chi connectivity index (χ0v) is 21.3. The van der Waals surface area contributed by atoms with E-state index in [9.17, 15) is 18.3 Å². The third-order valence-electron chi connectivity index (χ3n) is 6.38. The molecule has 0 aliphatic heterocycles. The van der Waals surface area contributed by atoms with Crippen molar-refractivity contribution in [2.45, 2.75) is 70.7 Å². The summed E-state index contributed by atoms with van der Waals surface area (Å²) in [4.78, 5) is 0. The zero-order chi connectivity index (χ0) is 24.9. The van der Waals surface area contributed by atoms with Crippen molar-refractivity contribution in [3.63, 3.8) is 0 Å². The molecule has 0 aliphatic carbocycles. The predicted octanol–water partition coefficient (Wildman–Crippen LogP) is 6.61. The average molecular weight is 484 g/mol. The van der Waals surface area contributed by atoms with E-state index in [1.54, 1.807) is 6.07 Å². The van der Waals surface area contributed by atoms with Gasteiger partial charge in [-0.05, 0) is 46.8 Å². The zero-order valence-electron chi connectivity index (χ0n) is 20.3. The molecule has 8 heteroatoms. The molecule has 0 saturated heterocycles. The number of rotatable bonds is 11. The standard InChI is InChI=1S/C25H36F3NO3Si/c1-15(2)33(16(3)4,17(5)6)32-14-23(31)19-8-9-20(26)24(28)25(19)29-22-10-7-18(11-12-30)13-21(22)27/h7-10,13,15-17,23,29-31H,11-12,14H2,1-6H3. The van der Waals surface area contributed by atoms with Crippen LogP contribution < -0.4 is 5.32 Å². The molecule has 0 amide bonds. The minimum absolute atomic E-state index is 0.0641. The lowest BCUT2D eigenvalue weighted by atomic mass is 10.1. The number of benzene rings is 2. The van der Waals surface area contributed by atoms with E-state index in [2.05, 4.69) is 46.9 Å². The molecule has 3 N–H and O–H groups in total. The average Bonchev–Trinajstić information content (AvgIpc) is 2.73. The van der Waals surface area contributed by atoms with Crippen LogP contribution >= 0.6 is 0 Å². The Kier molecular flexibility index (Phi) is 9.55. The van der Waals surface area contributed by atoms with Gasteiger partial charge in [-0.2, -0.15) is 0 Å². The van der Waals surface area contributed by atoms with Gasteiger partial charge in [0.15, 0.2) is 20.0 Å². The third-order valence-corrected chi connectivity index (χ3v) is 12.5. The van der Waals surface area contributed by atoms with E-state index in [-0.39, 0.29) is 36.6 Å². The van der Waals surface area contributed by atoms with Crippen molar-refractivity contribution in [2.75, 3.05) is 18.5 Å². The molecule has 184 valence electrons. The van der Waals surface area contributed by atoms with Gasteiger partial charge in [-0.1, -0.05) is 53.7 Å². The molecule has 0 heterocycles. The minimum atomic E-state index is -2.29. The van der Waals surface area contributed by atoms with E-state index < -0.39 is 31.9 Å². The molecule has 0 radical (unpaired) electrons. The van der Waals surface area contributed by atoms with Crippen LogP contribution in [0.1, 0.15) is 58.8 Å². The Balaban J connectivity index is 2.37. The van der Waals surface area contributed by atoms with Gasteiger partial charge >= 0.3 is 0 Å². The van der Waals surface area contributed by atoms with E-state index in [1.807, 2.05) is 0 Å². The van der Waals surface area contributed by atoms with Crippen LogP contribution in [-0.4, -0.2) is 31.7 Å². The fourth-order valence-corrected chi connectivity index (χ4v) is 10.3. The molecule has 33 heavy (non-hydrogen) atoms. The van der Waals surface area contributed by atoms with Gasteiger partial charge < -0.3 is 20.0 Å². The van der Waals surface area contributed by atoms with Crippen LogP contribution in [0.2, 0.25) is 16.6 Å². The van der Waals surface area contributed by atoms with Crippen molar-refractivity contribution in [3.05, 3.63) is 58.9 Å². The fraction of sp³-hybridized carbons (Fsp3) is 0.520. The maximum Gasteiger partial charge on any atom is 0.200 e. The van der Waals surface area contributed by atoms with E-state index in [1.165, 1.54) is 18.2 Å². The van der Waals surface area contributed by atoms with Crippen molar-refractivity contribution in [2.24, 2.45) is 0 Å². The Morgan fingerprint density at radius 2 is 1.52 bits per heavy atom. The molecule has 0 aliphatic rings. The van der Waals surface area contributed by atoms with Gasteiger partial charge in [0.1, 0.15) is 11.9 Å². The normalized spacial score (nSPS) is 13.3. The van der Waals surface area contributed by atoms with Crippen LogP contribution in [-0.2, 0) is 10.8 Å². The Hall–Kier alpha value is -1.87. The van der Waals surface area contributed by atoms with Crippen molar-refractivity contribution in [1.29, 1.82) is 0 Å². The van der Waals surface area contributed by atoms with Gasteiger partial charge in [-0.25, -0.2) is 13.2 Å². The molecule has 2 rings (SSSR count). The van der Waals surface area contributed by atoms with E-state index in [0.29, 0.717) is 22.2 Å². The topological polar surface area (TPSA) is 61.7 Å². The van der Waals surface area contributed by atoms with Crippen LogP contribution in [0.15, 0.2) is 30.3 Å². The predicted molar refractivity (Wildman–Crippen MR) is 129 cm³/mol. The van der Waals surface area contributed by atoms with Crippen molar-refractivity contribution < 1.29 is 27.8 Å². The summed E-state index contributed by atoms with van der Waals surface area (Å²) in [7, 11) is -2.29. The number of hydrogen-bond acceptors (Lipinski definition) is 4. The highest BCUT2D eigenvalue weighted by atomic mass is 28.4. The second-order valence-corrected chi connectivity index (χ2v) is 14.8. The largest absolute Gasteiger partial charge is 0.413 e. The van der Waals surface area contributed by atoms with Crippen LogP contribution in [0.25, 0.3) is 0 Å². The molecule has 4 nitrogen and oxygen atoms in total.